The summed E-state index contributed by atoms with van der Waals surface area (Å²) in [6.07, 6.45) is 0. The molecule has 1 heterocycles. The van der Waals surface area contributed by atoms with Crippen molar-refractivity contribution in [3.63, 3.8) is 0 Å². The van der Waals surface area contributed by atoms with Crippen LogP contribution in [0.4, 0.5) is 5.69 Å². The molecule has 2 rings (SSSR count). The highest BCUT2D eigenvalue weighted by Gasteiger charge is 2.09. The molecule has 1 N–H and O–H groups in total. The van der Waals surface area contributed by atoms with Gasteiger partial charge in [-0.05, 0) is 12.1 Å². The molecule has 0 spiro atoms. The molecule has 9 heavy (non-hydrogen) atoms. The third-order valence-corrected chi connectivity index (χ3v) is 1.23. The summed E-state index contributed by atoms with van der Waals surface area (Å²) in [5, 5.41) is 2.83. The van der Waals surface area contributed by atoms with Gasteiger partial charge in [-0.25, -0.2) is 0 Å². The molecule has 1 aliphatic heterocycles. The highest BCUT2D eigenvalue weighted by molar-refractivity contribution is 5.60. The van der Waals surface area contributed by atoms with Crippen LogP contribution in [0.5, 0.6) is 5.75 Å². The molecule has 0 saturated heterocycles. The van der Waals surface area contributed by atoms with Crippen molar-refractivity contribution in [2.75, 3.05) is 5.32 Å². The van der Waals surface area contributed by atoms with Gasteiger partial charge in [0.05, 0.1) is 5.69 Å². The van der Waals surface area contributed by atoms with E-state index in [1.165, 1.54) is 0 Å². The van der Waals surface area contributed by atoms with Gasteiger partial charge in [-0.3, -0.25) is 0 Å². The minimum atomic E-state index is 0.845. The third-order valence-electron chi connectivity index (χ3n) is 1.23. The summed E-state index contributed by atoms with van der Waals surface area (Å²) >= 11 is 0. The molecular weight excluding hydrogens is 114 g/mol. The summed E-state index contributed by atoms with van der Waals surface area (Å²) in [5.41, 5.74) is 0.984. The second kappa shape index (κ2) is 1.65. The summed E-state index contributed by atoms with van der Waals surface area (Å²) < 4.78 is 4.94. The topological polar surface area (TPSA) is 21.3 Å². The summed E-state index contributed by atoms with van der Waals surface area (Å²) in [6.45, 7) is 2.54. The maximum absolute atomic E-state index is 4.94. The third kappa shape index (κ3) is 0.633. The Labute approximate surface area is 53.5 Å². The number of hydrogen-bond acceptors (Lipinski definition) is 2. The maximum Gasteiger partial charge on any atom is 0.312 e. The Morgan fingerprint density at radius 3 is 3.11 bits per heavy atom. The average Bonchev–Trinajstić information content (AvgIpc) is 2.33. The molecule has 0 bridgehead atoms. The lowest BCUT2D eigenvalue weighted by Crippen LogP contribution is -1.86. The Kier molecular flexibility index (Phi) is 0.859. The van der Waals surface area contributed by atoms with Gasteiger partial charge < -0.3 is 10.1 Å². The number of anilines is 1. The number of nitrogens with one attached hydrogen (secondary N) is 1. The summed E-state index contributed by atoms with van der Waals surface area (Å²) in [4.78, 5) is 0. The van der Waals surface area contributed by atoms with Gasteiger partial charge in [-0.1, -0.05) is 12.1 Å². The van der Waals surface area contributed by atoms with Gasteiger partial charge in [0.1, 0.15) is 5.75 Å². The van der Waals surface area contributed by atoms with Gasteiger partial charge >= 0.3 is 6.73 Å². The molecular formula is C7H5NO. The zero-order valence-electron chi connectivity index (χ0n) is 4.72. The van der Waals surface area contributed by atoms with Crippen molar-refractivity contribution in [3.05, 3.63) is 31.0 Å². The Balaban J connectivity index is 2.54. The molecule has 2 nitrogen and oxygen atoms in total. The second-order valence-electron chi connectivity index (χ2n) is 1.83. The minimum Gasteiger partial charge on any atom is -0.453 e. The molecule has 2 heteroatoms. The number of fused-ring (bicyclic) bond motifs is 1. The Morgan fingerprint density at radius 2 is 2.22 bits per heavy atom. The van der Waals surface area contributed by atoms with Crippen LogP contribution in [0.25, 0.3) is 0 Å². The first-order valence-corrected chi connectivity index (χ1v) is 2.74. The molecule has 0 aliphatic carbocycles. The first kappa shape index (κ1) is 4.68. The molecule has 1 aromatic rings. The van der Waals surface area contributed by atoms with E-state index < -0.39 is 0 Å². The van der Waals surface area contributed by atoms with E-state index in [0.717, 1.165) is 11.4 Å². The van der Waals surface area contributed by atoms with E-state index in [-0.39, 0.29) is 0 Å². The van der Waals surface area contributed by atoms with Crippen LogP contribution in [-0.2, 0) is 0 Å². The molecule has 0 fully saturated rings. The predicted octanol–water partition coefficient (Wildman–Crippen LogP) is 1.49. The molecule has 0 atom stereocenters. The SMILES string of the molecule is [C]1Nc2ccccc2O1. The van der Waals surface area contributed by atoms with E-state index in [9.17, 15) is 0 Å². The van der Waals surface area contributed by atoms with E-state index in [1.807, 2.05) is 24.3 Å². The summed E-state index contributed by atoms with van der Waals surface area (Å²) in [6, 6.07) is 7.70. The number of hydrogen-bond donors (Lipinski definition) is 1. The van der Waals surface area contributed by atoms with Crippen molar-refractivity contribution < 1.29 is 4.74 Å². The van der Waals surface area contributed by atoms with Crippen LogP contribution in [0, 0.1) is 6.73 Å². The standard InChI is InChI=1S/C7H5NO/c1-2-4-7-6(3-1)8-5-9-7/h1-4,8H. The quantitative estimate of drug-likeness (QED) is 0.558. The highest BCUT2D eigenvalue weighted by atomic mass is 16.5. The molecule has 1 aromatic carbocycles. The Bertz CT molecular complexity index is 199. The lowest BCUT2D eigenvalue weighted by atomic mass is 10.3. The van der Waals surface area contributed by atoms with Crippen molar-refractivity contribution >= 4 is 5.69 Å². The number of rotatable bonds is 0. The monoisotopic (exact) mass is 119 g/mol. The summed E-state index contributed by atoms with van der Waals surface area (Å²) in [7, 11) is 0. The highest BCUT2D eigenvalue weighted by Crippen LogP contribution is 2.28. The van der Waals surface area contributed by atoms with Gasteiger partial charge in [-0.15, -0.1) is 0 Å². The maximum atomic E-state index is 4.94. The van der Waals surface area contributed by atoms with Crippen LogP contribution < -0.4 is 10.1 Å². The van der Waals surface area contributed by atoms with E-state index in [2.05, 4.69) is 12.0 Å². The second-order valence-corrected chi connectivity index (χ2v) is 1.83. The zero-order valence-corrected chi connectivity index (χ0v) is 4.72. The smallest absolute Gasteiger partial charge is 0.312 e. The molecule has 0 saturated carbocycles. The fourth-order valence-corrected chi connectivity index (χ4v) is 0.794. The van der Waals surface area contributed by atoms with Crippen molar-refractivity contribution in [3.8, 4) is 5.75 Å². The molecule has 0 amide bonds. The van der Waals surface area contributed by atoms with Crippen LogP contribution in [-0.4, -0.2) is 0 Å². The Morgan fingerprint density at radius 1 is 1.33 bits per heavy atom. The predicted molar refractivity (Wildman–Crippen MR) is 33.9 cm³/mol. The number of para-hydroxylation sites is 2. The number of ether oxygens (including phenoxy) is 1. The van der Waals surface area contributed by atoms with E-state index in [0.29, 0.717) is 0 Å². The fourth-order valence-electron chi connectivity index (χ4n) is 0.794. The minimum absolute atomic E-state index is 0.845. The first-order chi connectivity index (χ1) is 4.47. The van der Waals surface area contributed by atoms with Crippen LogP contribution in [0.2, 0.25) is 0 Å². The van der Waals surface area contributed by atoms with Crippen molar-refractivity contribution in [2.45, 2.75) is 0 Å². The summed E-state index contributed by atoms with van der Waals surface area (Å²) in [5.74, 6) is 0.845. The van der Waals surface area contributed by atoms with Crippen LogP contribution >= 0.6 is 0 Å². The molecule has 1 aliphatic rings. The lowest BCUT2D eigenvalue weighted by molar-refractivity contribution is 0.446. The van der Waals surface area contributed by atoms with Crippen LogP contribution in [0.1, 0.15) is 0 Å². The van der Waals surface area contributed by atoms with Crippen molar-refractivity contribution in [2.24, 2.45) is 0 Å². The van der Waals surface area contributed by atoms with Crippen molar-refractivity contribution in [1.29, 1.82) is 0 Å². The van der Waals surface area contributed by atoms with E-state index >= 15 is 0 Å². The van der Waals surface area contributed by atoms with Gasteiger partial charge in [0.15, 0.2) is 0 Å². The van der Waals surface area contributed by atoms with Gasteiger partial charge in [0.2, 0.25) is 0 Å². The fraction of sp³-hybridized carbons (Fsp3) is 0. The number of benzene rings is 1. The average molecular weight is 119 g/mol. The molecule has 0 aromatic heterocycles. The van der Waals surface area contributed by atoms with Crippen LogP contribution in [0.15, 0.2) is 24.3 Å². The van der Waals surface area contributed by atoms with Crippen LogP contribution in [0.3, 0.4) is 0 Å². The van der Waals surface area contributed by atoms with Gasteiger partial charge in [0.25, 0.3) is 0 Å². The van der Waals surface area contributed by atoms with Gasteiger partial charge in [-0.2, -0.15) is 0 Å². The molecule has 2 radical (unpaired) electrons. The molecule has 44 valence electrons. The normalized spacial score (nSPS) is 13.8. The molecule has 0 unspecified atom stereocenters. The zero-order chi connectivity index (χ0) is 6.10. The van der Waals surface area contributed by atoms with E-state index in [4.69, 9.17) is 4.74 Å². The van der Waals surface area contributed by atoms with Crippen molar-refractivity contribution in [1.82, 2.24) is 0 Å². The Hall–Kier alpha value is -1.18. The van der Waals surface area contributed by atoms with E-state index in [1.54, 1.807) is 0 Å². The lowest BCUT2D eigenvalue weighted by Gasteiger charge is -1.91. The largest absolute Gasteiger partial charge is 0.453 e. The van der Waals surface area contributed by atoms with Gasteiger partial charge in [0, 0.05) is 0 Å². The first-order valence-electron chi connectivity index (χ1n) is 2.74.